The number of halogens is 1. The van der Waals surface area contributed by atoms with Gasteiger partial charge < -0.3 is 9.64 Å². The maximum atomic E-state index is 5.62. The monoisotopic (exact) mass is 408 g/mol. The molecular formula is C24H41ClN2O. The Kier molecular flexibility index (Phi) is 7.72. The molecule has 1 saturated heterocycles. The molecule has 1 aliphatic heterocycles. The molecule has 0 N–H and O–H groups in total. The van der Waals surface area contributed by atoms with E-state index in [1.807, 2.05) is 0 Å². The summed E-state index contributed by atoms with van der Waals surface area (Å²) < 4.78 is 5.62. The topological polar surface area (TPSA) is 15.7 Å². The Morgan fingerprint density at radius 2 is 1.79 bits per heavy atom. The summed E-state index contributed by atoms with van der Waals surface area (Å²) in [5, 5.41) is 0. The molecule has 28 heavy (non-hydrogen) atoms. The van der Waals surface area contributed by atoms with Gasteiger partial charge >= 0.3 is 0 Å². The van der Waals surface area contributed by atoms with Crippen LogP contribution in [0.5, 0.6) is 5.75 Å². The van der Waals surface area contributed by atoms with E-state index in [0.717, 1.165) is 24.8 Å². The van der Waals surface area contributed by atoms with Gasteiger partial charge in [0.25, 0.3) is 0 Å². The van der Waals surface area contributed by atoms with Crippen LogP contribution in [-0.4, -0.2) is 44.7 Å². The van der Waals surface area contributed by atoms with Crippen LogP contribution in [0.3, 0.4) is 0 Å². The highest BCUT2D eigenvalue weighted by molar-refractivity contribution is 5.85. The van der Waals surface area contributed by atoms with E-state index in [1.54, 1.807) is 7.11 Å². The first-order chi connectivity index (χ1) is 12.8. The number of hydrogen-bond donors (Lipinski definition) is 0. The minimum Gasteiger partial charge on any atom is -0.497 e. The van der Waals surface area contributed by atoms with E-state index in [0.29, 0.717) is 5.41 Å². The number of anilines is 1. The predicted octanol–water partition coefficient (Wildman–Crippen LogP) is 5.75. The summed E-state index contributed by atoms with van der Waals surface area (Å²) in [6, 6.07) is 6.84. The Balaban J connectivity index is 0.00000280. The van der Waals surface area contributed by atoms with Crippen molar-refractivity contribution in [2.24, 2.45) is 11.3 Å². The van der Waals surface area contributed by atoms with Gasteiger partial charge in [-0.1, -0.05) is 53.5 Å². The van der Waals surface area contributed by atoms with Gasteiger partial charge in [-0.05, 0) is 47.8 Å². The lowest BCUT2D eigenvalue weighted by Gasteiger charge is -2.53. The molecule has 2 aliphatic rings. The maximum absolute atomic E-state index is 5.62. The van der Waals surface area contributed by atoms with Crippen molar-refractivity contribution in [3.8, 4) is 5.75 Å². The molecule has 2 atom stereocenters. The molecule has 3 nitrogen and oxygen atoms in total. The largest absolute Gasteiger partial charge is 0.497 e. The third-order valence-electron chi connectivity index (χ3n) is 8.02. The lowest BCUT2D eigenvalue weighted by atomic mass is 9.52. The summed E-state index contributed by atoms with van der Waals surface area (Å²) in [5.41, 5.74) is 3.43. The van der Waals surface area contributed by atoms with Crippen LogP contribution in [0.1, 0.15) is 65.9 Å². The van der Waals surface area contributed by atoms with Crippen molar-refractivity contribution >= 4 is 18.1 Å². The third-order valence-corrected chi connectivity index (χ3v) is 8.02. The van der Waals surface area contributed by atoms with Gasteiger partial charge in [0, 0.05) is 37.9 Å². The van der Waals surface area contributed by atoms with Gasteiger partial charge in [-0.15, -0.1) is 12.4 Å². The first-order valence-electron chi connectivity index (χ1n) is 11.0. The first kappa shape index (κ1) is 23.3. The van der Waals surface area contributed by atoms with E-state index in [1.165, 1.54) is 56.6 Å². The zero-order valence-corrected chi connectivity index (χ0v) is 19.7. The summed E-state index contributed by atoms with van der Waals surface area (Å²) in [7, 11) is 1.78. The average molecular weight is 409 g/mol. The number of benzene rings is 1. The standard InChI is InChI=1S/C24H40N2O.ClH/c1-7-13-25-14-16-26(17-15-25)22-18-20(27-6)10-11-21(22)24(5)12-8-9-19(2)23(24,3)4;/h10-11,18-19H,7-9,12-17H2,1-6H3;1H. The van der Waals surface area contributed by atoms with Gasteiger partial charge in [0.05, 0.1) is 7.11 Å². The SMILES string of the molecule is CCCN1CCN(c2cc(OC)ccc2C2(C)CCCC(C)C2(C)C)CC1.Cl. The van der Waals surface area contributed by atoms with Gasteiger partial charge in [0.2, 0.25) is 0 Å². The minimum absolute atomic E-state index is 0. The molecule has 1 heterocycles. The number of ether oxygens (including phenoxy) is 1. The molecule has 0 bridgehead atoms. The molecule has 0 aromatic heterocycles. The smallest absolute Gasteiger partial charge is 0.120 e. The summed E-state index contributed by atoms with van der Waals surface area (Å²) in [4.78, 5) is 5.22. The van der Waals surface area contributed by atoms with Crippen LogP contribution in [0.4, 0.5) is 5.69 Å². The predicted molar refractivity (Wildman–Crippen MR) is 123 cm³/mol. The van der Waals surface area contributed by atoms with Crippen LogP contribution in [0.25, 0.3) is 0 Å². The lowest BCUT2D eigenvalue weighted by molar-refractivity contribution is 0.0478. The summed E-state index contributed by atoms with van der Waals surface area (Å²) in [6.45, 7) is 18.0. The van der Waals surface area contributed by atoms with E-state index in [4.69, 9.17) is 4.74 Å². The molecule has 1 aliphatic carbocycles. The highest BCUT2D eigenvalue weighted by Crippen LogP contribution is 2.56. The Bertz CT molecular complexity index is 639. The number of hydrogen-bond acceptors (Lipinski definition) is 3. The number of nitrogens with zero attached hydrogens (tertiary/aromatic N) is 2. The molecule has 1 aromatic carbocycles. The lowest BCUT2D eigenvalue weighted by Crippen LogP contribution is -2.50. The third kappa shape index (κ3) is 4.16. The molecule has 0 amide bonds. The molecule has 2 unspecified atom stereocenters. The Labute approximate surface area is 179 Å². The summed E-state index contributed by atoms with van der Waals surface area (Å²) >= 11 is 0. The molecule has 1 saturated carbocycles. The molecule has 1 aromatic rings. The Morgan fingerprint density at radius 1 is 1.11 bits per heavy atom. The van der Waals surface area contributed by atoms with Crippen molar-refractivity contribution in [1.82, 2.24) is 4.90 Å². The van der Waals surface area contributed by atoms with Crippen molar-refractivity contribution < 1.29 is 4.74 Å². The molecule has 2 fully saturated rings. The van der Waals surface area contributed by atoms with Crippen molar-refractivity contribution in [3.63, 3.8) is 0 Å². The second-order valence-electron chi connectivity index (χ2n) is 9.56. The normalized spacial score (nSPS) is 27.9. The average Bonchev–Trinajstić information content (AvgIpc) is 2.67. The fraction of sp³-hybridized carbons (Fsp3) is 0.750. The van der Waals surface area contributed by atoms with E-state index < -0.39 is 0 Å². The quantitative estimate of drug-likeness (QED) is 0.616. The number of rotatable bonds is 5. The van der Waals surface area contributed by atoms with Gasteiger partial charge in [-0.3, -0.25) is 4.90 Å². The molecule has 3 rings (SSSR count). The highest BCUT2D eigenvalue weighted by atomic mass is 35.5. The van der Waals surface area contributed by atoms with E-state index >= 15 is 0 Å². The summed E-state index contributed by atoms with van der Waals surface area (Å²) in [6.07, 6.45) is 5.20. The van der Waals surface area contributed by atoms with Gasteiger partial charge in [-0.25, -0.2) is 0 Å². The number of methoxy groups -OCH3 is 1. The van der Waals surface area contributed by atoms with Crippen LogP contribution in [0.2, 0.25) is 0 Å². The molecule has 160 valence electrons. The molecular weight excluding hydrogens is 368 g/mol. The van der Waals surface area contributed by atoms with Crippen LogP contribution in [0, 0.1) is 11.3 Å². The van der Waals surface area contributed by atoms with Crippen LogP contribution in [-0.2, 0) is 5.41 Å². The van der Waals surface area contributed by atoms with Gasteiger partial charge in [0.1, 0.15) is 5.75 Å². The first-order valence-corrected chi connectivity index (χ1v) is 11.0. The van der Waals surface area contributed by atoms with Crippen molar-refractivity contribution in [1.29, 1.82) is 0 Å². The molecule has 0 radical (unpaired) electrons. The second-order valence-corrected chi connectivity index (χ2v) is 9.56. The molecule has 4 heteroatoms. The van der Waals surface area contributed by atoms with E-state index in [2.05, 4.69) is 62.6 Å². The van der Waals surface area contributed by atoms with Crippen molar-refractivity contribution in [2.75, 3.05) is 44.7 Å². The summed E-state index contributed by atoms with van der Waals surface area (Å²) in [5.74, 6) is 1.72. The van der Waals surface area contributed by atoms with Crippen molar-refractivity contribution in [3.05, 3.63) is 23.8 Å². The number of piperazine rings is 1. The minimum atomic E-state index is 0. The van der Waals surface area contributed by atoms with E-state index in [9.17, 15) is 0 Å². The molecule has 0 spiro atoms. The van der Waals surface area contributed by atoms with Crippen LogP contribution in [0.15, 0.2) is 18.2 Å². The van der Waals surface area contributed by atoms with Crippen LogP contribution < -0.4 is 9.64 Å². The van der Waals surface area contributed by atoms with E-state index in [-0.39, 0.29) is 17.8 Å². The fourth-order valence-corrected chi connectivity index (χ4v) is 5.37. The Hall–Kier alpha value is -0.930. The fourth-order valence-electron chi connectivity index (χ4n) is 5.37. The highest BCUT2D eigenvalue weighted by Gasteiger charge is 2.49. The second kappa shape index (κ2) is 9.26. The maximum Gasteiger partial charge on any atom is 0.120 e. The van der Waals surface area contributed by atoms with Crippen molar-refractivity contribution in [2.45, 2.75) is 65.7 Å². The van der Waals surface area contributed by atoms with Gasteiger partial charge in [-0.2, -0.15) is 0 Å². The zero-order valence-electron chi connectivity index (χ0n) is 18.9. The van der Waals surface area contributed by atoms with Gasteiger partial charge in [0.15, 0.2) is 0 Å². The van der Waals surface area contributed by atoms with Crippen LogP contribution >= 0.6 is 12.4 Å². The zero-order chi connectivity index (χ0) is 19.7. The Morgan fingerprint density at radius 3 is 2.39 bits per heavy atom.